The SMILES string of the molecule is CC1=C(C(=O)N2CCCC(CCC(=O)N3CCOCC3)C2)SC2=NCCN21. The number of amidine groups is 1. The first-order chi connectivity index (χ1) is 13.1. The number of nitrogens with zero attached hydrogens (tertiary/aromatic N) is 4. The molecule has 27 heavy (non-hydrogen) atoms. The minimum Gasteiger partial charge on any atom is -0.378 e. The maximum Gasteiger partial charge on any atom is 0.262 e. The van der Waals surface area contributed by atoms with Crippen molar-refractivity contribution in [3.8, 4) is 0 Å². The highest BCUT2D eigenvalue weighted by Gasteiger charge is 2.36. The van der Waals surface area contributed by atoms with Gasteiger partial charge in [0.2, 0.25) is 5.91 Å². The van der Waals surface area contributed by atoms with Crippen molar-refractivity contribution in [2.75, 3.05) is 52.5 Å². The molecule has 0 aliphatic carbocycles. The van der Waals surface area contributed by atoms with E-state index in [4.69, 9.17) is 4.74 Å². The van der Waals surface area contributed by atoms with Crippen LogP contribution in [0.2, 0.25) is 0 Å². The third-order valence-electron chi connectivity index (χ3n) is 5.86. The Morgan fingerprint density at radius 3 is 2.78 bits per heavy atom. The molecule has 7 nitrogen and oxygen atoms in total. The number of piperidine rings is 1. The standard InChI is InChI=1S/C19H28N4O3S/c1-14-17(27-19-20-6-8-23(14)19)18(25)22-7-2-3-15(13-22)4-5-16(24)21-9-11-26-12-10-21/h15H,2-13H2,1H3. The van der Waals surface area contributed by atoms with E-state index in [2.05, 4.69) is 9.89 Å². The van der Waals surface area contributed by atoms with E-state index in [1.165, 1.54) is 11.8 Å². The van der Waals surface area contributed by atoms with Crippen LogP contribution in [0.15, 0.2) is 15.6 Å². The van der Waals surface area contributed by atoms with Crippen molar-refractivity contribution in [3.05, 3.63) is 10.6 Å². The molecule has 148 valence electrons. The zero-order chi connectivity index (χ0) is 18.8. The van der Waals surface area contributed by atoms with E-state index < -0.39 is 0 Å². The van der Waals surface area contributed by atoms with Gasteiger partial charge in [0.15, 0.2) is 5.17 Å². The molecule has 0 saturated carbocycles. The smallest absolute Gasteiger partial charge is 0.262 e. The van der Waals surface area contributed by atoms with Crippen molar-refractivity contribution in [1.82, 2.24) is 14.7 Å². The Bertz CT molecular complexity index is 672. The number of hydrogen-bond donors (Lipinski definition) is 0. The lowest BCUT2D eigenvalue weighted by molar-refractivity contribution is -0.135. The summed E-state index contributed by atoms with van der Waals surface area (Å²) < 4.78 is 5.31. The van der Waals surface area contributed by atoms with Crippen molar-refractivity contribution in [3.63, 3.8) is 0 Å². The lowest BCUT2D eigenvalue weighted by Gasteiger charge is -2.33. The fourth-order valence-electron chi connectivity index (χ4n) is 4.24. The molecular formula is C19H28N4O3S. The van der Waals surface area contributed by atoms with Gasteiger partial charge in [0.05, 0.1) is 24.7 Å². The molecule has 2 saturated heterocycles. The van der Waals surface area contributed by atoms with Gasteiger partial charge in [-0.3, -0.25) is 14.6 Å². The number of morpholine rings is 1. The Labute approximate surface area is 164 Å². The molecule has 4 aliphatic rings. The molecule has 1 unspecified atom stereocenters. The van der Waals surface area contributed by atoms with Gasteiger partial charge in [0.1, 0.15) is 0 Å². The van der Waals surface area contributed by atoms with E-state index in [0.717, 1.165) is 61.2 Å². The van der Waals surface area contributed by atoms with Gasteiger partial charge in [-0.1, -0.05) is 0 Å². The molecule has 0 aromatic carbocycles. The van der Waals surface area contributed by atoms with Crippen LogP contribution in [0.1, 0.15) is 32.6 Å². The summed E-state index contributed by atoms with van der Waals surface area (Å²) in [7, 11) is 0. The second kappa shape index (κ2) is 8.22. The number of rotatable bonds is 4. The van der Waals surface area contributed by atoms with Gasteiger partial charge in [-0.2, -0.15) is 0 Å². The average Bonchev–Trinajstić information content (AvgIpc) is 3.29. The normalized spacial score (nSPS) is 25.7. The molecule has 4 rings (SSSR count). The summed E-state index contributed by atoms with van der Waals surface area (Å²) in [6.45, 7) is 8.02. The van der Waals surface area contributed by atoms with Gasteiger partial charge in [0.25, 0.3) is 5.91 Å². The summed E-state index contributed by atoms with van der Waals surface area (Å²) in [5.41, 5.74) is 1.05. The van der Waals surface area contributed by atoms with Crippen molar-refractivity contribution in [2.24, 2.45) is 10.9 Å². The number of ether oxygens (including phenoxy) is 1. The summed E-state index contributed by atoms with van der Waals surface area (Å²) in [6.07, 6.45) is 3.56. The summed E-state index contributed by atoms with van der Waals surface area (Å²) in [5, 5.41) is 0.973. The molecule has 0 aromatic heterocycles. The molecule has 0 spiro atoms. The second-order valence-electron chi connectivity index (χ2n) is 7.62. The molecular weight excluding hydrogens is 364 g/mol. The van der Waals surface area contributed by atoms with Gasteiger partial charge in [-0.25, -0.2) is 0 Å². The summed E-state index contributed by atoms with van der Waals surface area (Å²) in [6, 6.07) is 0. The molecule has 8 heteroatoms. The molecule has 2 amide bonds. The number of carbonyl (C=O) groups excluding carboxylic acids is 2. The fourth-order valence-corrected chi connectivity index (χ4v) is 5.39. The second-order valence-corrected chi connectivity index (χ2v) is 8.60. The van der Waals surface area contributed by atoms with Gasteiger partial charge < -0.3 is 19.4 Å². The van der Waals surface area contributed by atoms with E-state index in [0.29, 0.717) is 38.6 Å². The summed E-state index contributed by atoms with van der Waals surface area (Å²) >= 11 is 1.52. The number of fused-ring (bicyclic) bond motifs is 1. The van der Waals surface area contributed by atoms with Crippen molar-refractivity contribution >= 4 is 28.7 Å². The monoisotopic (exact) mass is 392 g/mol. The Kier molecular flexibility index (Phi) is 5.73. The van der Waals surface area contributed by atoms with Crippen molar-refractivity contribution in [1.29, 1.82) is 0 Å². The number of aliphatic imine (C=N–C) groups is 1. The average molecular weight is 393 g/mol. The van der Waals surface area contributed by atoms with Crippen LogP contribution >= 0.6 is 11.8 Å². The number of allylic oxidation sites excluding steroid dienone is 1. The molecule has 2 fully saturated rings. The highest BCUT2D eigenvalue weighted by molar-refractivity contribution is 8.18. The number of likely N-dealkylation sites (tertiary alicyclic amines) is 1. The molecule has 1 atom stereocenters. The predicted molar refractivity (Wildman–Crippen MR) is 105 cm³/mol. The van der Waals surface area contributed by atoms with Crippen LogP contribution in [0, 0.1) is 5.92 Å². The van der Waals surface area contributed by atoms with E-state index in [1.54, 1.807) is 0 Å². The van der Waals surface area contributed by atoms with Crippen LogP contribution in [-0.2, 0) is 14.3 Å². The largest absolute Gasteiger partial charge is 0.378 e. The van der Waals surface area contributed by atoms with E-state index in [1.807, 2.05) is 16.7 Å². The van der Waals surface area contributed by atoms with Gasteiger partial charge in [-0.05, 0) is 43.9 Å². The van der Waals surface area contributed by atoms with Gasteiger partial charge in [-0.15, -0.1) is 0 Å². The Hall–Kier alpha value is -1.54. The Morgan fingerprint density at radius 2 is 2.00 bits per heavy atom. The fraction of sp³-hybridized carbons (Fsp3) is 0.737. The van der Waals surface area contributed by atoms with Crippen LogP contribution < -0.4 is 0 Å². The number of thioether (sulfide) groups is 1. The minimum atomic E-state index is 0.138. The third kappa shape index (κ3) is 4.01. The maximum absolute atomic E-state index is 13.0. The maximum atomic E-state index is 13.0. The van der Waals surface area contributed by atoms with Crippen LogP contribution in [0.25, 0.3) is 0 Å². The van der Waals surface area contributed by atoms with Gasteiger partial charge in [0, 0.05) is 44.8 Å². The predicted octanol–water partition coefficient (Wildman–Crippen LogP) is 1.51. The zero-order valence-corrected chi connectivity index (χ0v) is 16.8. The topological polar surface area (TPSA) is 65.5 Å². The molecule has 0 N–H and O–H groups in total. The minimum absolute atomic E-state index is 0.138. The highest BCUT2D eigenvalue weighted by atomic mass is 32.2. The lowest BCUT2D eigenvalue weighted by Crippen LogP contribution is -2.42. The molecule has 4 heterocycles. The van der Waals surface area contributed by atoms with Crippen LogP contribution in [0.4, 0.5) is 0 Å². The molecule has 0 radical (unpaired) electrons. The van der Waals surface area contributed by atoms with E-state index in [-0.39, 0.29) is 11.8 Å². The lowest BCUT2D eigenvalue weighted by atomic mass is 9.93. The number of hydrogen-bond acceptors (Lipinski definition) is 6. The van der Waals surface area contributed by atoms with Crippen LogP contribution in [0.3, 0.4) is 0 Å². The summed E-state index contributed by atoms with van der Waals surface area (Å²) in [4.78, 5) is 36.8. The first kappa shape index (κ1) is 18.8. The van der Waals surface area contributed by atoms with Gasteiger partial charge >= 0.3 is 0 Å². The van der Waals surface area contributed by atoms with E-state index >= 15 is 0 Å². The third-order valence-corrected chi connectivity index (χ3v) is 7.07. The summed E-state index contributed by atoms with van der Waals surface area (Å²) in [5.74, 6) is 0.779. The van der Waals surface area contributed by atoms with Crippen molar-refractivity contribution < 1.29 is 14.3 Å². The number of amides is 2. The van der Waals surface area contributed by atoms with Crippen molar-refractivity contribution in [2.45, 2.75) is 32.6 Å². The molecule has 0 bridgehead atoms. The van der Waals surface area contributed by atoms with Crippen LogP contribution in [0.5, 0.6) is 0 Å². The van der Waals surface area contributed by atoms with E-state index in [9.17, 15) is 9.59 Å². The number of carbonyl (C=O) groups is 2. The zero-order valence-electron chi connectivity index (χ0n) is 16.0. The Morgan fingerprint density at radius 1 is 1.19 bits per heavy atom. The highest BCUT2D eigenvalue weighted by Crippen LogP contribution is 2.38. The quantitative estimate of drug-likeness (QED) is 0.726. The first-order valence-electron chi connectivity index (χ1n) is 9.99. The Balaban J connectivity index is 1.30. The first-order valence-corrected chi connectivity index (χ1v) is 10.8. The molecule has 0 aromatic rings. The van der Waals surface area contributed by atoms with Crippen LogP contribution in [-0.4, -0.2) is 84.2 Å². The molecule has 4 aliphatic heterocycles.